The Morgan fingerprint density at radius 3 is 3.00 bits per heavy atom. The van der Waals surface area contributed by atoms with Gasteiger partial charge in [-0.25, -0.2) is 0 Å². The molecule has 0 bridgehead atoms. The van der Waals surface area contributed by atoms with E-state index in [0.29, 0.717) is 11.7 Å². The predicted octanol–water partition coefficient (Wildman–Crippen LogP) is 2.36. The van der Waals surface area contributed by atoms with Gasteiger partial charge < -0.3 is 14.6 Å². The molecule has 2 rings (SSSR count). The van der Waals surface area contributed by atoms with Crippen LogP contribution in [-0.2, 0) is 6.42 Å². The highest BCUT2D eigenvalue weighted by molar-refractivity contribution is 5.50. The van der Waals surface area contributed by atoms with Crippen LogP contribution in [0.3, 0.4) is 0 Å². The lowest BCUT2D eigenvalue weighted by molar-refractivity contribution is 0.297. The molecule has 0 saturated heterocycles. The number of phenols is 1. The Balaban J connectivity index is 2.40. The SMILES string of the molecule is COc1cc2c(cc1O)OCCC(C)C2. The fourth-order valence-corrected chi connectivity index (χ4v) is 1.90. The van der Waals surface area contributed by atoms with E-state index in [-0.39, 0.29) is 5.75 Å². The molecule has 1 unspecified atom stereocenters. The molecule has 0 fully saturated rings. The zero-order valence-corrected chi connectivity index (χ0v) is 9.12. The maximum absolute atomic E-state index is 9.62. The first-order valence-corrected chi connectivity index (χ1v) is 5.23. The standard InChI is InChI=1S/C12H16O3/c1-8-3-4-15-11-7-10(13)12(14-2)6-9(11)5-8/h6-8,13H,3-5H2,1-2H3. The average molecular weight is 208 g/mol. The van der Waals surface area contributed by atoms with Gasteiger partial charge in [-0.05, 0) is 30.4 Å². The fraction of sp³-hybridized carbons (Fsp3) is 0.500. The third-order valence-corrected chi connectivity index (χ3v) is 2.80. The zero-order valence-electron chi connectivity index (χ0n) is 9.12. The lowest BCUT2D eigenvalue weighted by atomic mass is 9.99. The van der Waals surface area contributed by atoms with Gasteiger partial charge in [0.2, 0.25) is 0 Å². The van der Waals surface area contributed by atoms with E-state index in [1.165, 1.54) is 0 Å². The first kappa shape index (κ1) is 10.1. The number of hydrogen-bond acceptors (Lipinski definition) is 3. The Morgan fingerprint density at radius 1 is 1.47 bits per heavy atom. The van der Waals surface area contributed by atoms with Crippen molar-refractivity contribution < 1.29 is 14.6 Å². The van der Waals surface area contributed by atoms with Crippen LogP contribution in [0.4, 0.5) is 0 Å². The quantitative estimate of drug-likeness (QED) is 0.770. The van der Waals surface area contributed by atoms with Gasteiger partial charge in [-0.15, -0.1) is 0 Å². The van der Waals surface area contributed by atoms with Crippen molar-refractivity contribution in [2.75, 3.05) is 13.7 Å². The van der Waals surface area contributed by atoms with Gasteiger partial charge in [0.05, 0.1) is 13.7 Å². The van der Waals surface area contributed by atoms with Crippen molar-refractivity contribution in [3.8, 4) is 17.2 Å². The van der Waals surface area contributed by atoms with Crippen molar-refractivity contribution in [2.45, 2.75) is 19.8 Å². The van der Waals surface area contributed by atoms with E-state index in [2.05, 4.69) is 6.92 Å². The van der Waals surface area contributed by atoms with E-state index in [1.54, 1.807) is 13.2 Å². The summed E-state index contributed by atoms with van der Waals surface area (Å²) in [7, 11) is 1.56. The van der Waals surface area contributed by atoms with Crippen molar-refractivity contribution in [1.82, 2.24) is 0 Å². The lowest BCUT2D eigenvalue weighted by Crippen LogP contribution is -1.99. The molecule has 0 amide bonds. The molecule has 3 nitrogen and oxygen atoms in total. The van der Waals surface area contributed by atoms with Gasteiger partial charge >= 0.3 is 0 Å². The smallest absolute Gasteiger partial charge is 0.161 e. The Bertz CT molecular complexity index is 360. The van der Waals surface area contributed by atoms with Crippen LogP contribution in [-0.4, -0.2) is 18.8 Å². The topological polar surface area (TPSA) is 38.7 Å². The summed E-state index contributed by atoms with van der Waals surface area (Å²) < 4.78 is 10.7. The van der Waals surface area contributed by atoms with Crippen molar-refractivity contribution in [1.29, 1.82) is 0 Å². The molecular formula is C12H16O3. The second-order valence-corrected chi connectivity index (χ2v) is 4.08. The van der Waals surface area contributed by atoms with Crippen LogP contribution in [0.2, 0.25) is 0 Å². The average Bonchev–Trinajstić information content (AvgIpc) is 2.37. The molecule has 1 aliphatic heterocycles. The van der Waals surface area contributed by atoms with E-state index in [9.17, 15) is 5.11 Å². The number of aromatic hydroxyl groups is 1. The Hall–Kier alpha value is -1.38. The molecule has 1 heterocycles. The maximum atomic E-state index is 9.62. The summed E-state index contributed by atoms with van der Waals surface area (Å²) in [4.78, 5) is 0. The molecule has 1 aromatic carbocycles. The second-order valence-electron chi connectivity index (χ2n) is 4.08. The van der Waals surface area contributed by atoms with Gasteiger partial charge in [0.15, 0.2) is 11.5 Å². The Morgan fingerprint density at radius 2 is 2.27 bits per heavy atom. The molecule has 0 radical (unpaired) electrons. The maximum Gasteiger partial charge on any atom is 0.161 e. The minimum Gasteiger partial charge on any atom is -0.504 e. The first-order valence-electron chi connectivity index (χ1n) is 5.23. The van der Waals surface area contributed by atoms with Crippen LogP contribution in [0.5, 0.6) is 17.2 Å². The van der Waals surface area contributed by atoms with Crippen molar-refractivity contribution >= 4 is 0 Å². The van der Waals surface area contributed by atoms with Gasteiger partial charge in [0, 0.05) is 6.07 Å². The molecular weight excluding hydrogens is 192 g/mol. The molecule has 1 aliphatic rings. The summed E-state index contributed by atoms with van der Waals surface area (Å²) in [6.45, 7) is 2.93. The molecule has 0 aromatic heterocycles. The van der Waals surface area contributed by atoms with E-state index >= 15 is 0 Å². The summed E-state index contributed by atoms with van der Waals surface area (Å²) in [6, 6.07) is 3.51. The molecule has 1 aromatic rings. The first-order chi connectivity index (χ1) is 7.20. The number of ether oxygens (including phenoxy) is 2. The monoisotopic (exact) mass is 208 g/mol. The summed E-state index contributed by atoms with van der Waals surface area (Å²) >= 11 is 0. The molecule has 15 heavy (non-hydrogen) atoms. The van der Waals surface area contributed by atoms with Gasteiger partial charge in [0.25, 0.3) is 0 Å². The molecule has 3 heteroatoms. The summed E-state index contributed by atoms with van der Waals surface area (Å²) in [5.74, 6) is 2.07. The zero-order chi connectivity index (χ0) is 10.8. The van der Waals surface area contributed by atoms with E-state index < -0.39 is 0 Å². The molecule has 82 valence electrons. The fourth-order valence-electron chi connectivity index (χ4n) is 1.90. The van der Waals surface area contributed by atoms with Crippen LogP contribution in [0.25, 0.3) is 0 Å². The summed E-state index contributed by atoms with van der Waals surface area (Å²) in [5, 5.41) is 9.62. The van der Waals surface area contributed by atoms with Crippen LogP contribution < -0.4 is 9.47 Å². The molecule has 0 spiro atoms. The number of methoxy groups -OCH3 is 1. The van der Waals surface area contributed by atoms with Crippen LogP contribution in [0.15, 0.2) is 12.1 Å². The predicted molar refractivity (Wildman–Crippen MR) is 57.6 cm³/mol. The van der Waals surface area contributed by atoms with Crippen LogP contribution in [0.1, 0.15) is 18.9 Å². The highest BCUT2D eigenvalue weighted by Gasteiger charge is 2.17. The normalized spacial score (nSPS) is 20.0. The number of fused-ring (bicyclic) bond motifs is 1. The third kappa shape index (κ3) is 2.01. The number of hydrogen-bond donors (Lipinski definition) is 1. The van der Waals surface area contributed by atoms with E-state index in [1.807, 2.05) is 6.07 Å². The van der Waals surface area contributed by atoms with Gasteiger partial charge in [-0.1, -0.05) is 6.92 Å². The number of phenolic OH excluding ortho intramolecular Hbond substituents is 1. The van der Waals surface area contributed by atoms with E-state index in [4.69, 9.17) is 9.47 Å². The minimum absolute atomic E-state index is 0.144. The number of rotatable bonds is 1. The van der Waals surface area contributed by atoms with E-state index in [0.717, 1.165) is 30.8 Å². The van der Waals surface area contributed by atoms with Crippen molar-refractivity contribution in [2.24, 2.45) is 5.92 Å². The van der Waals surface area contributed by atoms with Gasteiger partial charge in [-0.3, -0.25) is 0 Å². The summed E-state index contributed by atoms with van der Waals surface area (Å²) in [5.41, 5.74) is 1.12. The van der Waals surface area contributed by atoms with Crippen molar-refractivity contribution in [3.05, 3.63) is 17.7 Å². The molecule has 0 aliphatic carbocycles. The minimum atomic E-state index is 0.144. The molecule has 1 atom stereocenters. The highest BCUT2D eigenvalue weighted by atomic mass is 16.5. The van der Waals surface area contributed by atoms with Crippen LogP contribution >= 0.6 is 0 Å². The molecule has 1 N–H and O–H groups in total. The third-order valence-electron chi connectivity index (χ3n) is 2.80. The summed E-state index contributed by atoms with van der Waals surface area (Å²) in [6.07, 6.45) is 2.03. The Kier molecular flexibility index (Phi) is 2.71. The van der Waals surface area contributed by atoms with Crippen molar-refractivity contribution in [3.63, 3.8) is 0 Å². The Labute approximate surface area is 89.6 Å². The van der Waals surface area contributed by atoms with Gasteiger partial charge in [0.1, 0.15) is 5.75 Å². The second kappa shape index (κ2) is 4.01. The largest absolute Gasteiger partial charge is 0.504 e. The highest BCUT2D eigenvalue weighted by Crippen LogP contribution is 2.36. The lowest BCUT2D eigenvalue weighted by Gasteiger charge is -2.11. The molecule has 0 saturated carbocycles. The number of benzene rings is 1. The van der Waals surface area contributed by atoms with Gasteiger partial charge in [-0.2, -0.15) is 0 Å². The van der Waals surface area contributed by atoms with Crippen LogP contribution in [0, 0.1) is 5.92 Å².